The maximum Gasteiger partial charge on any atom is 0.0577 e. The minimum absolute atomic E-state index is 0.194. The van der Waals surface area contributed by atoms with Crippen LogP contribution in [0, 0.1) is 5.92 Å². The Labute approximate surface area is 57.1 Å². The highest BCUT2D eigenvalue weighted by atomic mass is 16.3. The molecule has 3 N–H and O–H groups in total. The number of nitrogens with two attached hydrogens (primary N) is 1. The van der Waals surface area contributed by atoms with E-state index >= 15 is 0 Å². The molecule has 9 heavy (non-hydrogen) atoms. The fourth-order valence-electron chi connectivity index (χ4n) is 0.737. The fraction of sp³-hybridized carbons (Fsp3) is 1.00. The summed E-state index contributed by atoms with van der Waals surface area (Å²) in [6, 6.07) is 0. The third kappa shape index (κ3) is 3.49. The normalized spacial score (nSPS) is 17.3. The second kappa shape index (κ2) is 4.77. The van der Waals surface area contributed by atoms with Crippen LogP contribution in [-0.2, 0) is 0 Å². The van der Waals surface area contributed by atoms with E-state index in [1.807, 2.05) is 6.92 Å². The number of aliphatic hydroxyl groups excluding tert-OH is 1. The average molecular weight is 131 g/mol. The highest BCUT2D eigenvalue weighted by Gasteiger charge is 2.09. The molecule has 2 heteroatoms. The molecule has 0 fully saturated rings. The molecule has 0 spiro atoms. The summed E-state index contributed by atoms with van der Waals surface area (Å²) >= 11 is 0. The van der Waals surface area contributed by atoms with Gasteiger partial charge in [0.1, 0.15) is 0 Å². The van der Waals surface area contributed by atoms with Crippen molar-refractivity contribution < 1.29 is 5.11 Å². The Morgan fingerprint density at radius 3 is 2.44 bits per heavy atom. The first-order chi connectivity index (χ1) is 4.22. The highest BCUT2D eigenvalue weighted by Crippen LogP contribution is 2.06. The predicted octanol–water partition coefficient (Wildman–Crippen LogP) is 0.742. The van der Waals surface area contributed by atoms with Gasteiger partial charge in [0.15, 0.2) is 0 Å². The van der Waals surface area contributed by atoms with Crippen molar-refractivity contribution in [3.63, 3.8) is 0 Å². The summed E-state index contributed by atoms with van der Waals surface area (Å²) in [7, 11) is 0. The van der Waals surface area contributed by atoms with E-state index in [1.54, 1.807) is 0 Å². The van der Waals surface area contributed by atoms with E-state index in [-0.39, 0.29) is 12.0 Å². The molecule has 2 atom stereocenters. The van der Waals surface area contributed by atoms with E-state index in [1.165, 1.54) is 0 Å². The van der Waals surface area contributed by atoms with Crippen LogP contribution in [0.15, 0.2) is 0 Å². The third-order valence-electron chi connectivity index (χ3n) is 1.61. The van der Waals surface area contributed by atoms with E-state index in [0.29, 0.717) is 6.54 Å². The van der Waals surface area contributed by atoms with Gasteiger partial charge in [0.25, 0.3) is 0 Å². The first-order valence-corrected chi connectivity index (χ1v) is 3.60. The van der Waals surface area contributed by atoms with Gasteiger partial charge in [-0.2, -0.15) is 0 Å². The molecule has 0 amide bonds. The van der Waals surface area contributed by atoms with E-state index in [4.69, 9.17) is 5.73 Å². The van der Waals surface area contributed by atoms with Gasteiger partial charge < -0.3 is 10.8 Å². The van der Waals surface area contributed by atoms with Crippen LogP contribution < -0.4 is 5.73 Å². The third-order valence-corrected chi connectivity index (χ3v) is 1.61. The minimum atomic E-state index is -0.194. The van der Waals surface area contributed by atoms with Gasteiger partial charge >= 0.3 is 0 Å². The Morgan fingerprint density at radius 2 is 2.11 bits per heavy atom. The van der Waals surface area contributed by atoms with Gasteiger partial charge in [0.2, 0.25) is 0 Å². The molecule has 0 aromatic heterocycles. The standard InChI is InChI=1S/C7H17NO/c1-3-4-7(9)6(2)5-8/h6-7,9H,3-5,8H2,1-2H3. The highest BCUT2D eigenvalue weighted by molar-refractivity contribution is 4.63. The smallest absolute Gasteiger partial charge is 0.0577 e. The molecule has 0 bridgehead atoms. The summed E-state index contributed by atoms with van der Waals surface area (Å²) in [4.78, 5) is 0. The van der Waals surface area contributed by atoms with Crippen molar-refractivity contribution in [3.8, 4) is 0 Å². The molecule has 2 unspecified atom stereocenters. The summed E-state index contributed by atoms with van der Waals surface area (Å²) in [6.07, 6.45) is 1.71. The maximum absolute atomic E-state index is 9.24. The summed E-state index contributed by atoms with van der Waals surface area (Å²) in [5.74, 6) is 0.255. The fourth-order valence-corrected chi connectivity index (χ4v) is 0.737. The van der Waals surface area contributed by atoms with Crippen LogP contribution in [-0.4, -0.2) is 17.8 Å². The second-order valence-corrected chi connectivity index (χ2v) is 2.57. The molecule has 0 saturated heterocycles. The van der Waals surface area contributed by atoms with Crippen molar-refractivity contribution in [2.24, 2.45) is 11.7 Å². The van der Waals surface area contributed by atoms with Crippen molar-refractivity contribution in [2.75, 3.05) is 6.54 Å². The van der Waals surface area contributed by atoms with Gasteiger partial charge in [-0.05, 0) is 18.9 Å². The Bertz CT molecular complexity index is 65.9. The molecule has 0 aliphatic heterocycles. The van der Waals surface area contributed by atoms with Crippen LogP contribution >= 0.6 is 0 Å². The van der Waals surface area contributed by atoms with Crippen LogP contribution in [0.25, 0.3) is 0 Å². The summed E-state index contributed by atoms with van der Waals surface area (Å²) < 4.78 is 0. The van der Waals surface area contributed by atoms with Gasteiger partial charge in [-0.15, -0.1) is 0 Å². The predicted molar refractivity (Wildman–Crippen MR) is 39.1 cm³/mol. The van der Waals surface area contributed by atoms with Crippen LogP contribution in [0.4, 0.5) is 0 Å². The SMILES string of the molecule is CCCC(O)C(C)CN. The van der Waals surface area contributed by atoms with Gasteiger partial charge in [0, 0.05) is 0 Å². The van der Waals surface area contributed by atoms with Gasteiger partial charge in [-0.25, -0.2) is 0 Å². The zero-order valence-corrected chi connectivity index (χ0v) is 6.30. The summed E-state index contributed by atoms with van der Waals surface area (Å²) in [5, 5.41) is 9.24. The molecule has 0 saturated carbocycles. The zero-order chi connectivity index (χ0) is 7.28. The number of hydrogen-bond acceptors (Lipinski definition) is 2. The van der Waals surface area contributed by atoms with Crippen LogP contribution in [0.3, 0.4) is 0 Å². The monoisotopic (exact) mass is 131 g/mol. The lowest BCUT2D eigenvalue weighted by atomic mass is 10.0. The molecular weight excluding hydrogens is 114 g/mol. The minimum Gasteiger partial charge on any atom is -0.393 e. The molecular formula is C7H17NO. The van der Waals surface area contributed by atoms with Crippen LogP contribution in [0.5, 0.6) is 0 Å². The number of hydrogen-bond donors (Lipinski definition) is 2. The molecule has 0 heterocycles. The first-order valence-electron chi connectivity index (χ1n) is 3.60. The molecule has 2 nitrogen and oxygen atoms in total. The average Bonchev–Trinajstić information content (AvgIpc) is 1.87. The van der Waals surface area contributed by atoms with E-state index in [2.05, 4.69) is 6.92 Å². The van der Waals surface area contributed by atoms with E-state index in [0.717, 1.165) is 12.8 Å². The zero-order valence-electron chi connectivity index (χ0n) is 6.30. The van der Waals surface area contributed by atoms with E-state index in [9.17, 15) is 5.11 Å². The Morgan fingerprint density at radius 1 is 1.56 bits per heavy atom. The van der Waals surface area contributed by atoms with Crippen molar-refractivity contribution in [2.45, 2.75) is 32.8 Å². The second-order valence-electron chi connectivity index (χ2n) is 2.57. The molecule has 56 valence electrons. The maximum atomic E-state index is 9.24. The lowest BCUT2D eigenvalue weighted by Gasteiger charge is -2.15. The van der Waals surface area contributed by atoms with Gasteiger partial charge in [-0.3, -0.25) is 0 Å². The van der Waals surface area contributed by atoms with Crippen molar-refractivity contribution in [1.82, 2.24) is 0 Å². The lowest BCUT2D eigenvalue weighted by molar-refractivity contribution is 0.110. The Balaban J connectivity index is 3.32. The number of aliphatic hydroxyl groups is 1. The summed E-state index contributed by atoms with van der Waals surface area (Å²) in [6.45, 7) is 4.62. The molecule has 0 aliphatic carbocycles. The van der Waals surface area contributed by atoms with Crippen molar-refractivity contribution in [3.05, 3.63) is 0 Å². The van der Waals surface area contributed by atoms with Gasteiger partial charge in [0.05, 0.1) is 6.10 Å². The molecule has 0 radical (unpaired) electrons. The van der Waals surface area contributed by atoms with Crippen molar-refractivity contribution >= 4 is 0 Å². The molecule has 0 aromatic rings. The molecule has 0 aromatic carbocycles. The lowest BCUT2D eigenvalue weighted by Crippen LogP contribution is -2.24. The van der Waals surface area contributed by atoms with Crippen LogP contribution in [0.2, 0.25) is 0 Å². The van der Waals surface area contributed by atoms with Gasteiger partial charge in [-0.1, -0.05) is 20.3 Å². The largest absolute Gasteiger partial charge is 0.393 e. The number of rotatable bonds is 4. The quantitative estimate of drug-likeness (QED) is 0.591. The first kappa shape index (κ1) is 8.92. The molecule has 0 aliphatic rings. The van der Waals surface area contributed by atoms with E-state index < -0.39 is 0 Å². The Kier molecular flexibility index (Phi) is 4.72. The summed E-state index contributed by atoms with van der Waals surface area (Å²) in [5.41, 5.74) is 5.34. The van der Waals surface area contributed by atoms with Crippen molar-refractivity contribution in [1.29, 1.82) is 0 Å². The van der Waals surface area contributed by atoms with Crippen LogP contribution in [0.1, 0.15) is 26.7 Å². The molecule has 0 rings (SSSR count). The topological polar surface area (TPSA) is 46.2 Å². The Hall–Kier alpha value is -0.0800.